The van der Waals surface area contributed by atoms with Crippen LogP contribution in [0.2, 0.25) is 0 Å². The number of carbonyl (C=O) groups is 1. The predicted molar refractivity (Wildman–Crippen MR) is 61.8 cm³/mol. The first-order valence-corrected chi connectivity index (χ1v) is 5.15. The maximum atomic E-state index is 11.8. The van der Waals surface area contributed by atoms with Crippen molar-refractivity contribution in [2.24, 2.45) is 0 Å². The monoisotopic (exact) mass is 240 g/mol. The average Bonchev–Trinajstić information content (AvgIpc) is 2.26. The van der Waals surface area contributed by atoms with Crippen LogP contribution in [0.15, 0.2) is 12.1 Å². The molecule has 17 heavy (non-hydrogen) atoms. The van der Waals surface area contributed by atoms with Crippen molar-refractivity contribution in [3.05, 3.63) is 17.7 Å². The summed E-state index contributed by atoms with van der Waals surface area (Å²) in [5.74, 6) is 0.0318. The van der Waals surface area contributed by atoms with Crippen LogP contribution in [0.5, 0.6) is 17.2 Å². The highest BCUT2D eigenvalue weighted by molar-refractivity contribution is 6.01. The summed E-state index contributed by atoms with van der Waals surface area (Å²) in [6, 6.07) is 2.84. The van der Waals surface area contributed by atoms with Crippen molar-refractivity contribution >= 4 is 5.78 Å². The SMILES string of the molecule is COc1cc(O)c(C(=O)C[C@@H](C)O)c(OC)c1. The van der Waals surface area contributed by atoms with E-state index in [1.54, 1.807) is 0 Å². The van der Waals surface area contributed by atoms with Crippen molar-refractivity contribution in [2.75, 3.05) is 14.2 Å². The normalized spacial score (nSPS) is 12.0. The number of phenols is 1. The van der Waals surface area contributed by atoms with Gasteiger partial charge in [-0.1, -0.05) is 0 Å². The zero-order valence-corrected chi connectivity index (χ0v) is 10.1. The predicted octanol–water partition coefficient (Wildman–Crippen LogP) is 1.36. The van der Waals surface area contributed by atoms with Gasteiger partial charge in [0.25, 0.3) is 0 Å². The van der Waals surface area contributed by atoms with Crippen LogP contribution in [-0.4, -0.2) is 36.3 Å². The van der Waals surface area contributed by atoms with Gasteiger partial charge in [0.2, 0.25) is 0 Å². The number of aliphatic hydroxyl groups is 1. The van der Waals surface area contributed by atoms with Crippen LogP contribution in [0.1, 0.15) is 23.7 Å². The number of ketones is 1. The van der Waals surface area contributed by atoms with E-state index in [1.165, 1.54) is 33.3 Å². The van der Waals surface area contributed by atoms with Crippen molar-refractivity contribution in [3.8, 4) is 17.2 Å². The maximum absolute atomic E-state index is 11.8. The molecule has 5 heteroatoms. The Morgan fingerprint density at radius 3 is 2.47 bits per heavy atom. The Morgan fingerprint density at radius 2 is 2.00 bits per heavy atom. The first-order valence-electron chi connectivity index (χ1n) is 5.15. The summed E-state index contributed by atoms with van der Waals surface area (Å²) in [6.07, 6.45) is -0.843. The molecule has 0 aromatic heterocycles. The van der Waals surface area contributed by atoms with E-state index in [-0.39, 0.29) is 29.3 Å². The molecular weight excluding hydrogens is 224 g/mol. The molecule has 0 radical (unpaired) electrons. The summed E-state index contributed by atoms with van der Waals surface area (Å²) in [4.78, 5) is 11.8. The molecule has 1 aromatic rings. The molecule has 1 atom stereocenters. The third-order valence-electron chi connectivity index (χ3n) is 2.27. The molecule has 0 amide bonds. The average molecular weight is 240 g/mol. The van der Waals surface area contributed by atoms with E-state index in [4.69, 9.17) is 9.47 Å². The lowest BCUT2D eigenvalue weighted by molar-refractivity contribution is 0.0895. The molecule has 0 saturated carbocycles. The third-order valence-corrected chi connectivity index (χ3v) is 2.27. The Morgan fingerprint density at radius 1 is 1.35 bits per heavy atom. The van der Waals surface area contributed by atoms with Gasteiger partial charge in [0, 0.05) is 18.6 Å². The molecule has 0 heterocycles. The van der Waals surface area contributed by atoms with Gasteiger partial charge in [-0.05, 0) is 6.92 Å². The fourth-order valence-electron chi connectivity index (χ4n) is 1.51. The first kappa shape index (κ1) is 13.3. The molecule has 2 N–H and O–H groups in total. The van der Waals surface area contributed by atoms with Crippen LogP contribution < -0.4 is 9.47 Å². The lowest BCUT2D eigenvalue weighted by Gasteiger charge is -2.12. The number of rotatable bonds is 5. The number of Topliss-reactive ketones (excluding diaryl/α,β-unsaturated/α-hetero) is 1. The minimum Gasteiger partial charge on any atom is -0.507 e. The van der Waals surface area contributed by atoms with Crippen molar-refractivity contribution in [2.45, 2.75) is 19.4 Å². The fraction of sp³-hybridized carbons (Fsp3) is 0.417. The van der Waals surface area contributed by atoms with Crippen LogP contribution in [0.3, 0.4) is 0 Å². The number of phenolic OH excluding ortho intramolecular Hbond substituents is 1. The Kier molecular flexibility index (Phi) is 4.34. The number of ether oxygens (including phenoxy) is 2. The zero-order chi connectivity index (χ0) is 13.0. The molecule has 0 bridgehead atoms. The highest BCUT2D eigenvalue weighted by atomic mass is 16.5. The Hall–Kier alpha value is -1.75. The smallest absolute Gasteiger partial charge is 0.172 e. The molecule has 5 nitrogen and oxygen atoms in total. The molecule has 94 valence electrons. The van der Waals surface area contributed by atoms with Gasteiger partial charge in [-0.3, -0.25) is 4.79 Å². The molecule has 0 unspecified atom stereocenters. The van der Waals surface area contributed by atoms with E-state index < -0.39 is 6.10 Å². The summed E-state index contributed by atoms with van der Waals surface area (Å²) < 4.78 is 9.98. The van der Waals surface area contributed by atoms with Crippen LogP contribution >= 0.6 is 0 Å². The van der Waals surface area contributed by atoms with Gasteiger partial charge in [0.1, 0.15) is 22.8 Å². The Labute approximate surface area is 99.6 Å². The molecule has 1 rings (SSSR count). The second-order valence-electron chi connectivity index (χ2n) is 3.70. The topological polar surface area (TPSA) is 76.0 Å². The van der Waals surface area contributed by atoms with Crippen molar-refractivity contribution < 1.29 is 24.5 Å². The molecule has 0 aliphatic heterocycles. The van der Waals surface area contributed by atoms with E-state index in [0.29, 0.717) is 5.75 Å². The van der Waals surface area contributed by atoms with Gasteiger partial charge in [-0.25, -0.2) is 0 Å². The van der Waals surface area contributed by atoms with Crippen LogP contribution in [0, 0.1) is 0 Å². The van der Waals surface area contributed by atoms with Crippen molar-refractivity contribution in [3.63, 3.8) is 0 Å². The van der Waals surface area contributed by atoms with Gasteiger partial charge in [-0.15, -0.1) is 0 Å². The summed E-state index contributed by atoms with van der Waals surface area (Å²) >= 11 is 0. The second kappa shape index (κ2) is 5.54. The maximum Gasteiger partial charge on any atom is 0.172 e. The Balaban J connectivity index is 3.18. The molecule has 0 saturated heterocycles. The third kappa shape index (κ3) is 3.10. The van der Waals surface area contributed by atoms with Gasteiger partial charge >= 0.3 is 0 Å². The molecular formula is C12H16O5. The number of methoxy groups -OCH3 is 2. The van der Waals surface area contributed by atoms with E-state index in [1.807, 2.05) is 0 Å². The molecule has 1 aromatic carbocycles. The summed E-state index contributed by atoms with van der Waals surface area (Å²) in [5.41, 5.74) is 0.0641. The fourth-order valence-corrected chi connectivity index (χ4v) is 1.51. The highest BCUT2D eigenvalue weighted by Gasteiger charge is 2.20. The first-order chi connectivity index (χ1) is 7.99. The number of carbonyl (C=O) groups excluding carboxylic acids is 1. The standard InChI is InChI=1S/C12H16O5/c1-7(13)4-9(14)12-10(15)5-8(16-2)6-11(12)17-3/h5-7,13,15H,4H2,1-3H3/t7-/m1/s1. The van der Waals surface area contributed by atoms with Gasteiger partial charge in [0.05, 0.1) is 20.3 Å². The minimum absolute atomic E-state index is 0.0641. The second-order valence-corrected chi connectivity index (χ2v) is 3.70. The summed E-state index contributed by atoms with van der Waals surface area (Å²) in [6.45, 7) is 1.50. The number of aromatic hydroxyl groups is 1. The molecule has 0 spiro atoms. The molecule has 0 aliphatic carbocycles. The van der Waals surface area contributed by atoms with Gasteiger partial charge < -0.3 is 19.7 Å². The van der Waals surface area contributed by atoms with Gasteiger partial charge in [-0.2, -0.15) is 0 Å². The van der Waals surface area contributed by atoms with E-state index in [2.05, 4.69) is 0 Å². The number of benzene rings is 1. The molecule has 0 aliphatic rings. The quantitative estimate of drug-likeness (QED) is 0.760. The van der Waals surface area contributed by atoms with E-state index >= 15 is 0 Å². The lowest BCUT2D eigenvalue weighted by Crippen LogP contribution is -2.11. The number of hydrogen-bond acceptors (Lipinski definition) is 5. The lowest BCUT2D eigenvalue weighted by atomic mass is 10.0. The summed E-state index contributed by atoms with van der Waals surface area (Å²) in [5, 5.41) is 18.9. The van der Waals surface area contributed by atoms with E-state index in [9.17, 15) is 15.0 Å². The van der Waals surface area contributed by atoms with Crippen molar-refractivity contribution in [1.82, 2.24) is 0 Å². The Bertz CT molecular complexity index is 412. The number of hydrogen-bond donors (Lipinski definition) is 2. The number of aliphatic hydroxyl groups excluding tert-OH is 1. The summed E-state index contributed by atoms with van der Waals surface area (Å²) in [7, 11) is 2.85. The minimum atomic E-state index is -0.770. The van der Waals surface area contributed by atoms with Crippen LogP contribution in [0.25, 0.3) is 0 Å². The van der Waals surface area contributed by atoms with Gasteiger partial charge in [0.15, 0.2) is 5.78 Å². The van der Waals surface area contributed by atoms with E-state index in [0.717, 1.165) is 0 Å². The zero-order valence-electron chi connectivity index (χ0n) is 10.1. The largest absolute Gasteiger partial charge is 0.507 e. The van der Waals surface area contributed by atoms with Crippen molar-refractivity contribution in [1.29, 1.82) is 0 Å². The van der Waals surface area contributed by atoms with Crippen LogP contribution in [0.4, 0.5) is 0 Å². The van der Waals surface area contributed by atoms with Crippen LogP contribution in [-0.2, 0) is 0 Å². The highest BCUT2D eigenvalue weighted by Crippen LogP contribution is 2.34. The molecule has 0 fully saturated rings.